The number of ether oxygens (including phenoxy) is 1. The summed E-state index contributed by atoms with van der Waals surface area (Å²) in [6, 6.07) is 0.566. The van der Waals surface area contributed by atoms with Gasteiger partial charge in [0.2, 0.25) is 5.91 Å². The maximum atomic E-state index is 13.2. The number of hydrogen-bond acceptors (Lipinski definition) is 5. The number of carbonyl (C=O) groups is 1. The number of morpholine rings is 1. The molecule has 29 heavy (non-hydrogen) atoms. The Bertz CT molecular complexity index is 679. The van der Waals surface area contributed by atoms with E-state index in [1.807, 2.05) is 11.1 Å². The van der Waals surface area contributed by atoms with Crippen LogP contribution in [0, 0.1) is 5.92 Å². The number of aromatic nitrogens is 2. The van der Waals surface area contributed by atoms with Gasteiger partial charge in [0.25, 0.3) is 0 Å². The average molecular weight is 405 g/mol. The highest BCUT2D eigenvalue weighted by molar-refractivity contribution is 5.80. The van der Waals surface area contributed by atoms with Crippen LogP contribution in [0.3, 0.4) is 0 Å². The van der Waals surface area contributed by atoms with Crippen LogP contribution in [0.1, 0.15) is 75.7 Å². The van der Waals surface area contributed by atoms with E-state index in [0.29, 0.717) is 44.7 Å². The lowest BCUT2D eigenvalue weighted by Gasteiger charge is -2.30. The molecular formula is C22H36N4O3. The third-order valence-electron chi connectivity index (χ3n) is 6.94. The van der Waals surface area contributed by atoms with Gasteiger partial charge in [0, 0.05) is 48.9 Å². The first kappa shape index (κ1) is 20.8. The molecule has 7 heteroatoms. The molecule has 3 aliphatic rings. The molecule has 1 saturated heterocycles. The number of amides is 1. The van der Waals surface area contributed by atoms with Gasteiger partial charge in [0.15, 0.2) is 0 Å². The lowest BCUT2D eigenvalue weighted by Crippen LogP contribution is -2.45. The smallest absolute Gasteiger partial charge is 0.228 e. The molecule has 4 rings (SSSR count). The predicted molar refractivity (Wildman–Crippen MR) is 111 cm³/mol. The Hall–Kier alpha value is -1.44. The zero-order chi connectivity index (χ0) is 20.4. The van der Waals surface area contributed by atoms with E-state index in [0.717, 1.165) is 11.5 Å². The minimum atomic E-state index is -0.702. The van der Waals surface area contributed by atoms with Crippen LogP contribution in [0.25, 0.3) is 0 Å². The van der Waals surface area contributed by atoms with Crippen LogP contribution in [0.2, 0.25) is 0 Å². The molecule has 0 spiro atoms. The first-order valence-electron chi connectivity index (χ1n) is 11.4. The number of aromatic amines is 1. The number of carbonyl (C=O) groups excluding carboxylic acids is 1. The van der Waals surface area contributed by atoms with Gasteiger partial charge in [-0.2, -0.15) is 0 Å². The quantitative estimate of drug-likeness (QED) is 0.700. The number of imidazole rings is 1. The molecule has 162 valence electrons. The van der Waals surface area contributed by atoms with E-state index < -0.39 is 6.10 Å². The van der Waals surface area contributed by atoms with Crippen molar-refractivity contribution < 1.29 is 14.6 Å². The summed E-state index contributed by atoms with van der Waals surface area (Å²) in [5.74, 6) is 0.809. The van der Waals surface area contributed by atoms with Gasteiger partial charge in [0.1, 0.15) is 5.82 Å². The van der Waals surface area contributed by atoms with Crippen molar-refractivity contribution in [2.45, 2.75) is 82.4 Å². The Labute approximate surface area is 173 Å². The van der Waals surface area contributed by atoms with E-state index >= 15 is 0 Å². The Morgan fingerprint density at radius 2 is 2.00 bits per heavy atom. The fourth-order valence-electron chi connectivity index (χ4n) is 5.27. The molecule has 1 aromatic rings. The van der Waals surface area contributed by atoms with E-state index in [2.05, 4.69) is 29.1 Å². The van der Waals surface area contributed by atoms with Gasteiger partial charge in [-0.3, -0.25) is 4.79 Å². The third kappa shape index (κ3) is 4.52. The number of rotatable bonds is 5. The Morgan fingerprint density at radius 3 is 2.66 bits per heavy atom. The maximum Gasteiger partial charge on any atom is 0.228 e. The first-order chi connectivity index (χ1) is 14.0. The molecule has 1 aliphatic heterocycles. The van der Waals surface area contributed by atoms with Gasteiger partial charge in [-0.25, -0.2) is 4.98 Å². The van der Waals surface area contributed by atoms with Crippen LogP contribution >= 0.6 is 0 Å². The number of aliphatic hydroxyl groups is 1. The van der Waals surface area contributed by atoms with E-state index in [1.54, 1.807) is 0 Å². The number of nitrogens with one attached hydrogen (secondary N) is 2. The topological polar surface area (TPSA) is 90.5 Å². The van der Waals surface area contributed by atoms with Crippen molar-refractivity contribution in [3.05, 3.63) is 17.7 Å². The Balaban J connectivity index is 1.54. The van der Waals surface area contributed by atoms with Crippen molar-refractivity contribution in [1.82, 2.24) is 20.2 Å². The highest BCUT2D eigenvalue weighted by Crippen LogP contribution is 2.40. The summed E-state index contributed by atoms with van der Waals surface area (Å²) in [5.41, 5.74) is 0.951. The zero-order valence-corrected chi connectivity index (χ0v) is 17.8. The molecule has 2 heterocycles. The number of aliphatic hydroxyl groups excluding tert-OH is 1. The molecule has 1 aromatic heterocycles. The fraction of sp³-hybridized carbons (Fsp3) is 0.818. The summed E-state index contributed by atoms with van der Waals surface area (Å²) in [4.78, 5) is 23.0. The maximum absolute atomic E-state index is 13.2. The van der Waals surface area contributed by atoms with Gasteiger partial charge in [-0.1, -0.05) is 33.1 Å². The highest BCUT2D eigenvalue weighted by atomic mass is 16.5. The largest absolute Gasteiger partial charge is 0.392 e. The minimum Gasteiger partial charge on any atom is -0.392 e. The monoisotopic (exact) mass is 404 g/mol. The van der Waals surface area contributed by atoms with E-state index in [-0.39, 0.29) is 23.8 Å². The molecule has 3 fully saturated rings. The Kier molecular flexibility index (Phi) is 6.56. The minimum absolute atomic E-state index is 0.0716. The van der Waals surface area contributed by atoms with E-state index in [1.165, 1.54) is 32.1 Å². The SMILES string of the molecule is CC(C)c1ncc([C@@H]2[C@H](O)[C@@H](C(=O)N3CCOCC3)C[C@H]2NC2CCCCC2)[nH]1. The summed E-state index contributed by atoms with van der Waals surface area (Å²) in [6.45, 7) is 6.62. The summed E-state index contributed by atoms with van der Waals surface area (Å²) in [5, 5.41) is 15.1. The summed E-state index contributed by atoms with van der Waals surface area (Å²) in [7, 11) is 0. The molecule has 4 atom stereocenters. The van der Waals surface area contributed by atoms with Gasteiger partial charge < -0.3 is 25.0 Å². The van der Waals surface area contributed by atoms with Crippen LogP contribution in [0.5, 0.6) is 0 Å². The summed E-state index contributed by atoms with van der Waals surface area (Å²) >= 11 is 0. The second-order valence-electron chi connectivity index (χ2n) is 9.28. The molecule has 7 nitrogen and oxygen atoms in total. The number of hydrogen-bond donors (Lipinski definition) is 3. The van der Waals surface area contributed by atoms with E-state index in [4.69, 9.17) is 4.74 Å². The second kappa shape index (κ2) is 9.14. The Morgan fingerprint density at radius 1 is 1.28 bits per heavy atom. The molecular weight excluding hydrogens is 368 g/mol. The highest BCUT2D eigenvalue weighted by Gasteiger charge is 2.48. The number of nitrogens with zero attached hydrogens (tertiary/aromatic N) is 2. The van der Waals surface area contributed by atoms with Gasteiger partial charge >= 0.3 is 0 Å². The lowest BCUT2D eigenvalue weighted by atomic mass is 9.92. The van der Waals surface area contributed by atoms with Crippen molar-refractivity contribution in [1.29, 1.82) is 0 Å². The average Bonchev–Trinajstić information content (AvgIpc) is 3.34. The van der Waals surface area contributed by atoms with Gasteiger partial charge in [0.05, 0.1) is 25.2 Å². The third-order valence-corrected chi connectivity index (χ3v) is 6.94. The molecule has 2 aliphatic carbocycles. The zero-order valence-electron chi connectivity index (χ0n) is 17.8. The first-order valence-corrected chi connectivity index (χ1v) is 11.4. The lowest BCUT2D eigenvalue weighted by molar-refractivity contribution is -0.142. The number of H-pyrrole nitrogens is 1. The van der Waals surface area contributed by atoms with Crippen LogP contribution in [-0.2, 0) is 9.53 Å². The summed E-state index contributed by atoms with van der Waals surface area (Å²) in [6.07, 6.45) is 8.03. The molecule has 0 bridgehead atoms. The molecule has 0 radical (unpaired) electrons. The van der Waals surface area contributed by atoms with Gasteiger partial charge in [-0.05, 0) is 19.3 Å². The molecule has 0 aromatic carbocycles. The van der Waals surface area contributed by atoms with Gasteiger partial charge in [-0.15, -0.1) is 0 Å². The standard InChI is InChI=1S/C22H36N4O3/c1-14(2)21-23-13-18(25-21)19-17(24-15-6-4-3-5-7-15)12-16(20(19)27)22(28)26-8-10-29-11-9-26/h13-17,19-20,24,27H,3-12H2,1-2H3,(H,23,25)/t16-,17+,19+,20+/m0/s1. The predicted octanol–water partition coefficient (Wildman–Crippen LogP) is 2.15. The normalized spacial score (nSPS) is 31.5. The molecule has 2 saturated carbocycles. The van der Waals surface area contributed by atoms with Crippen molar-refractivity contribution >= 4 is 5.91 Å². The molecule has 0 unspecified atom stereocenters. The van der Waals surface area contributed by atoms with Crippen LogP contribution in [0.15, 0.2) is 6.20 Å². The van der Waals surface area contributed by atoms with Crippen LogP contribution in [-0.4, -0.2) is 70.4 Å². The van der Waals surface area contributed by atoms with Crippen molar-refractivity contribution in [2.24, 2.45) is 5.92 Å². The second-order valence-corrected chi connectivity index (χ2v) is 9.28. The van der Waals surface area contributed by atoms with Crippen LogP contribution in [0.4, 0.5) is 0 Å². The molecule has 3 N–H and O–H groups in total. The van der Waals surface area contributed by atoms with Crippen molar-refractivity contribution in [2.75, 3.05) is 26.3 Å². The molecule has 1 amide bonds. The van der Waals surface area contributed by atoms with Crippen LogP contribution < -0.4 is 5.32 Å². The van der Waals surface area contributed by atoms with E-state index in [9.17, 15) is 9.90 Å². The summed E-state index contributed by atoms with van der Waals surface area (Å²) < 4.78 is 5.39. The fourth-order valence-corrected chi connectivity index (χ4v) is 5.27. The van der Waals surface area contributed by atoms with Crippen molar-refractivity contribution in [3.63, 3.8) is 0 Å². The van der Waals surface area contributed by atoms with Crippen molar-refractivity contribution in [3.8, 4) is 0 Å².